The van der Waals surface area contributed by atoms with E-state index in [0.29, 0.717) is 12.6 Å². The minimum Gasteiger partial charge on any atom is -0.379 e. The van der Waals surface area contributed by atoms with E-state index in [1.165, 1.54) is 5.56 Å². The summed E-state index contributed by atoms with van der Waals surface area (Å²) in [5, 5.41) is 3.03. The van der Waals surface area contributed by atoms with Gasteiger partial charge in [0.1, 0.15) is 0 Å². The van der Waals surface area contributed by atoms with Crippen molar-refractivity contribution >= 4 is 5.91 Å². The van der Waals surface area contributed by atoms with E-state index in [1.807, 2.05) is 6.92 Å². The maximum absolute atomic E-state index is 12.3. The Kier molecular flexibility index (Phi) is 6.40. The lowest BCUT2D eigenvalue weighted by molar-refractivity contribution is -0.123. The van der Waals surface area contributed by atoms with Crippen molar-refractivity contribution in [3.05, 3.63) is 35.4 Å². The molecule has 4 nitrogen and oxygen atoms in total. The van der Waals surface area contributed by atoms with Crippen molar-refractivity contribution in [2.45, 2.75) is 33.1 Å². The van der Waals surface area contributed by atoms with Crippen molar-refractivity contribution in [2.24, 2.45) is 5.92 Å². The average Bonchev–Trinajstić information content (AvgIpc) is 2.53. The molecular formula is C18H28N2O2. The highest BCUT2D eigenvalue weighted by molar-refractivity contribution is 5.83. The molecule has 122 valence electrons. The van der Waals surface area contributed by atoms with Gasteiger partial charge in [-0.15, -0.1) is 0 Å². The molecule has 1 N–H and O–H groups in total. The van der Waals surface area contributed by atoms with Crippen molar-refractivity contribution in [3.63, 3.8) is 0 Å². The van der Waals surface area contributed by atoms with Gasteiger partial charge in [0, 0.05) is 13.1 Å². The predicted molar refractivity (Wildman–Crippen MR) is 88.8 cm³/mol. The van der Waals surface area contributed by atoms with E-state index in [1.54, 1.807) is 0 Å². The molecule has 1 aromatic rings. The Morgan fingerprint density at radius 3 is 2.41 bits per heavy atom. The summed E-state index contributed by atoms with van der Waals surface area (Å²) in [7, 11) is 0. The number of carbonyl (C=O) groups is 1. The second-order valence-corrected chi connectivity index (χ2v) is 6.49. The summed E-state index contributed by atoms with van der Waals surface area (Å²) in [5.41, 5.74) is 2.41. The van der Waals surface area contributed by atoms with Crippen LogP contribution in [0.3, 0.4) is 0 Å². The number of carbonyl (C=O) groups excluding carboxylic acids is 1. The third kappa shape index (κ3) is 5.11. The molecule has 1 atom stereocenters. The average molecular weight is 304 g/mol. The lowest BCUT2D eigenvalue weighted by atomic mass is 9.96. The molecule has 0 bridgehead atoms. The van der Waals surface area contributed by atoms with Crippen molar-refractivity contribution in [1.82, 2.24) is 10.2 Å². The van der Waals surface area contributed by atoms with Crippen molar-refractivity contribution in [2.75, 3.05) is 33.0 Å². The highest BCUT2D eigenvalue weighted by atomic mass is 16.5. The molecule has 0 aliphatic carbocycles. The molecule has 1 saturated heterocycles. The smallest absolute Gasteiger partial charge is 0.228 e. The first-order chi connectivity index (χ1) is 10.6. The van der Waals surface area contributed by atoms with Gasteiger partial charge < -0.3 is 10.1 Å². The Bertz CT molecular complexity index is 464. The standard InChI is InChI=1S/C18H28N2O2/c1-14(2)12-16-4-6-17(7-5-16)15(3)18(21)19-13-20-8-10-22-11-9-20/h4-7,14-15H,8-13H2,1-3H3,(H,19,21). The molecule has 0 radical (unpaired) electrons. The summed E-state index contributed by atoms with van der Waals surface area (Å²) in [6.45, 7) is 10.3. The molecule has 0 spiro atoms. The van der Waals surface area contributed by atoms with E-state index in [0.717, 1.165) is 38.3 Å². The SMILES string of the molecule is CC(C)Cc1ccc(C(C)C(=O)NCN2CCOCC2)cc1. The molecule has 4 heteroatoms. The summed E-state index contributed by atoms with van der Waals surface area (Å²) < 4.78 is 5.31. The Balaban J connectivity index is 1.84. The molecule has 1 aliphatic rings. The summed E-state index contributed by atoms with van der Waals surface area (Å²) in [6, 6.07) is 8.44. The van der Waals surface area contributed by atoms with Crippen LogP contribution in [0.25, 0.3) is 0 Å². The number of hydrogen-bond acceptors (Lipinski definition) is 3. The van der Waals surface area contributed by atoms with Gasteiger partial charge in [-0.25, -0.2) is 0 Å². The van der Waals surface area contributed by atoms with E-state index in [-0.39, 0.29) is 11.8 Å². The lowest BCUT2D eigenvalue weighted by Gasteiger charge is -2.27. The van der Waals surface area contributed by atoms with Gasteiger partial charge >= 0.3 is 0 Å². The van der Waals surface area contributed by atoms with Crippen molar-refractivity contribution in [3.8, 4) is 0 Å². The summed E-state index contributed by atoms with van der Waals surface area (Å²) in [6.07, 6.45) is 1.08. The molecule has 1 amide bonds. The Labute approximate surface area is 133 Å². The van der Waals surface area contributed by atoms with Crippen LogP contribution in [-0.4, -0.2) is 43.8 Å². The minimum atomic E-state index is -0.117. The van der Waals surface area contributed by atoms with Crippen LogP contribution >= 0.6 is 0 Å². The van der Waals surface area contributed by atoms with E-state index in [2.05, 4.69) is 48.3 Å². The molecule has 0 aromatic heterocycles. The van der Waals surface area contributed by atoms with E-state index < -0.39 is 0 Å². The first-order valence-corrected chi connectivity index (χ1v) is 8.23. The number of hydrogen-bond donors (Lipinski definition) is 1. The zero-order chi connectivity index (χ0) is 15.9. The van der Waals surface area contributed by atoms with Crippen LogP contribution in [0.1, 0.15) is 37.8 Å². The summed E-state index contributed by atoms with van der Waals surface area (Å²) in [5.74, 6) is 0.623. The van der Waals surface area contributed by atoms with Crippen LogP contribution in [0.4, 0.5) is 0 Å². The Morgan fingerprint density at radius 2 is 1.82 bits per heavy atom. The van der Waals surface area contributed by atoms with Gasteiger partial charge in [-0.05, 0) is 30.4 Å². The van der Waals surface area contributed by atoms with Gasteiger partial charge in [0.25, 0.3) is 0 Å². The van der Waals surface area contributed by atoms with Crippen LogP contribution in [0.2, 0.25) is 0 Å². The molecule has 1 unspecified atom stereocenters. The Hall–Kier alpha value is -1.39. The van der Waals surface area contributed by atoms with Gasteiger partial charge in [0.15, 0.2) is 0 Å². The normalized spacial score (nSPS) is 17.5. The molecule has 1 heterocycles. The number of morpholine rings is 1. The fourth-order valence-corrected chi connectivity index (χ4v) is 2.67. The predicted octanol–water partition coefficient (Wildman–Crippen LogP) is 2.39. The molecule has 1 aromatic carbocycles. The van der Waals surface area contributed by atoms with Crippen LogP contribution in [0, 0.1) is 5.92 Å². The molecule has 22 heavy (non-hydrogen) atoms. The van der Waals surface area contributed by atoms with Crippen LogP contribution in [-0.2, 0) is 16.0 Å². The third-order valence-corrected chi connectivity index (χ3v) is 4.10. The second kappa shape index (κ2) is 8.30. The zero-order valence-electron chi connectivity index (χ0n) is 14.0. The number of ether oxygens (including phenoxy) is 1. The first-order valence-electron chi connectivity index (χ1n) is 8.23. The van der Waals surface area contributed by atoms with Crippen LogP contribution < -0.4 is 5.32 Å². The number of nitrogens with one attached hydrogen (secondary N) is 1. The van der Waals surface area contributed by atoms with Gasteiger partial charge in [-0.1, -0.05) is 38.1 Å². The topological polar surface area (TPSA) is 41.6 Å². The van der Waals surface area contributed by atoms with Gasteiger partial charge in [-0.2, -0.15) is 0 Å². The third-order valence-electron chi connectivity index (χ3n) is 4.10. The van der Waals surface area contributed by atoms with Gasteiger partial charge in [0.05, 0.1) is 25.8 Å². The zero-order valence-corrected chi connectivity index (χ0v) is 14.0. The Morgan fingerprint density at radius 1 is 1.18 bits per heavy atom. The lowest BCUT2D eigenvalue weighted by Crippen LogP contribution is -2.44. The fraction of sp³-hybridized carbons (Fsp3) is 0.611. The largest absolute Gasteiger partial charge is 0.379 e. The number of nitrogens with zero attached hydrogens (tertiary/aromatic N) is 1. The first kappa shape index (κ1) is 17.0. The number of benzene rings is 1. The fourth-order valence-electron chi connectivity index (χ4n) is 2.67. The second-order valence-electron chi connectivity index (χ2n) is 6.49. The maximum atomic E-state index is 12.3. The maximum Gasteiger partial charge on any atom is 0.228 e. The minimum absolute atomic E-state index is 0.0862. The van der Waals surface area contributed by atoms with Crippen LogP contribution in [0.5, 0.6) is 0 Å². The van der Waals surface area contributed by atoms with Crippen molar-refractivity contribution in [1.29, 1.82) is 0 Å². The molecule has 2 rings (SSSR count). The number of rotatable bonds is 6. The van der Waals surface area contributed by atoms with Crippen LogP contribution in [0.15, 0.2) is 24.3 Å². The molecule has 1 aliphatic heterocycles. The monoisotopic (exact) mass is 304 g/mol. The number of amides is 1. The summed E-state index contributed by atoms with van der Waals surface area (Å²) in [4.78, 5) is 14.5. The summed E-state index contributed by atoms with van der Waals surface area (Å²) >= 11 is 0. The van der Waals surface area contributed by atoms with E-state index >= 15 is 0 Å². The molecular weight excluding hydrogens is 276 g/mol. The quantitative estimate of drug-likeness (QED) is 0.877. The van der Waals surface area contributed by atoms with E-state index in [9.17, 15) is 4.79 Å². The highest BCUT2D eigenvalue weighted by Gasteiger charge is 2.17. The van der Waals surface area contributed by atoms with E-state index in [4.69, 9.17) is 4.74 Å². The van der Waals surface area contributed by atoms with Gasteiger partial charge in [0.2, 0.25) is 5.91 Å². The molecule has 0 saturated carbocycles. The van der Waals surface area contributed by atoms with Gasteiger partial charge in [-0.3, -0.25) is 9.69 Å². The molecule has 1 fully saturated rings. The highest BCUT2D eigenvalue weighted by Crippen LogP contribution is 2.17. The van der Waals surface area contributed by atoms with Crippen molar-refractivity contribution < 1.29 is 9.53 Å².